The average molecular weight is 247 g/mol. The maximum absolute atomic E-state index is 10.9. The third-order valence-electron chi connectivity index (χ3n) is 3.86. The predicted octanol–water partition coefficient (Wildman–Crippen LogP) is 3.69. The van der Waals surface area contributed by atoms with Crippen molar-refractivity contribution in [2.75, 3.05) is 11.9 Å². The Morgan fingerprint density at radius 1 is 1.44 bits per heavy atom. The largest absolute Gasteiger partial charge is 0.478 e. The van der Waals surface area contributed by atoms with E-state index in [1.807, 2.05) is 13.0 Å². The monoisotopic (exact) mass is 247 g/mol. The number of aromatic carboxylic acids is 1. The first-order valence-corrected chi connectivity index (χ1v) is 6.64. The second-order valence-electron chi connectivity index (χ2n) is 5.44. The van der Waals surface area contributed by atoms with Gasteiger partial charge >= 0.3 is 5.97 Å². The normalized spacial score (nSPS) is 16.3. The summed E-state index contributed by atoms with van der Waals surface area (Å²) in [6, 6.07) is 5.27. The zero-order valence-corrected chi connectivity index (χ0v) is 11.1. The first-order chi connectivity index (χ1) is 8.56. The average Bonchev–Trinajstić information content (AvgIpc) is 3.08. The molecular weight excluding hydrogens is 226 g/mol. The van der Waals surface area contributed by atoms with Crippen LogP contribution in [0.25, 0.3) is 0 Å². The maximum atomic E-state index is 10.9. The van der Waals surface area contributed by atoms with E-state index in [1.54, 1.807) is 12.1 Å². The Labute approximate surface area is 108 Å². The summed E-state index contributed by atoms with van der Waals surface area (Å²) in [5.41, 5.74) is 2.92. The molecule has 18 heavy (non-hydrogen) atoms. The van der Waals surface area contributed by atoms with Gasteiger partial charge in [0.25, 0.3) is 0 Å². The number of carboxylic acid groups (broad SMARTS) is 1. The van der Waals surface area contributed by atoms with Crippen molar-refractivity contribution >= 4 is 11.7 Å². The van der Waals surface area contributed by atoms with Crippen LogP contribution in [0, 0.1) is 12.3 Å². The lowest BCUT2D eigenvalue weighted by molar-refractivity contribution is 0.0697. The number of carbonyl (C=O) groups is 1. The maximum Gasteiger partial charge on any atom is 0.335 e. The summed E-state index contributed by atoms with van der Waals surface area (Å²) < 4.78 is 0. The van der Waals surface area contributed by atoms with Gasteiger partial charge in [-0.2, -0.15) is 0 Å². The molecule has 0 atom stereocenters. The van der Waals surface area contributed by atoms with Crippen LogP contribution in [0.1, 0.15) is 48.5 Å². The summed E-state index contributed by atoms with van der Waals surface area (Å²) in [5.74, 6) is -0.866. The first-order valence-electron chi connectivity index (χ1n) is 6.64. The second-order valence-corrected chi connectivity index (χ2v) is 5.44. The fourth-order valence-corrected chi connectivity index (χ4v) is 2.50. The van der Waals surface area contributed by atoms with Gasteiger partial charge in [-0.15, -0.1) is 0 Å². The van der Waals surface area contributed by atoms with Crippen molar-refractivity contribution in [2.45, 2.75) is 39.5 Å². The van der Waals surface area contributed by atoms with Crippen molar-refractivity contribution in [2.24, 2.45) is 5.41 Å². The third-order valence-corrected chi connectivity index (χ3v) is 3.86. The van der Waals surface area contributed by atoms with Crippen molar-refractivity contribution in [3.63, 3.8) is 0 Å². The minimum atomic E-state index is -0.866. The summed E-state index contributed by atoms with van der Waals surface area (Å²) in [5, 5.41) is 12.4. The van der Waals surface area contributed by atoms with Gasteiger partial charge < -0.3 is 10.4 Å². The number of hydrogen-bond acceptors (Lipinski definition) is 2. The topological polar surface area (TPSA) is 49.3 Å². The van der Waals surface area contributed by atoms with Gasteiger partial charge in [-0.3, -0.25) is 0 Å². The zero-order chi connectivity index (χ0) is 13.2. The van der Waals surface area contributed by atoms with E-state index >= 15 is 0 Å². The Hall–Kier alpha value is -1.51. The molecule has 1 aromatic rings. The number of carboxylic acids is 1. The molecule has 0 heterocycles. The molecule has 1 saturated carbocycles. The molecule has 0 bridgehead atoms. The Bertz CT molecular complexity index is 450. The minimum Gasteiger partial charge on any atom is -0.478 e. The van der Waals surface area contributed by atoms with E-state index < -0.39 is 5.97 Å². The molecule has 1 aliphatic carbocycles. The van der Waals surface area contributed by atoms with Gasteiger partial charge in [0.15, 0.2) is 0 Å². The first kappa shape index (κ1) is 12.9. The Kier molecular flexibility index (Phi) is 3.60. The van der Waals surface area contributed by atoms with Gasteiger partial charge in [0.1, 0.15) is 0 Å². The number of benzene rings is 1. The highest BCUT2D eigenvalue weighted by Crippen LogP contribution is 2.49. The van der Waals surface area contributed by atoms with Gasteiger partial charge in [-0.25, -0.2) is 4.79 Å². The molecule has 1 fully saturated rings. The highest BCUT2D eigenvalue weighted by atomic mass is 16.4. The quantitative estimate of drug-likeness (QED) is 0.806. The Morgan fingerprint density at radius 2 is 2.17 bits per heavy atom. The van der Waals surface area contributed by atoms with Crippen molar-refractivity contribution in [3.8, 4) is 0 Å². The van der Waals surface area contributed by atoms with Crippen LogP contribution in [0.4, 0.5) is 5.69 Å². The Balaban J connectivity index is 2.00. The van der Waals surface area contributed by atoms with Crippen LogP contribution in [0.15, 0.2) is 18.2 Å². The van der Waals surface area contributed by atoms with E-state index in [1.165, 1.54) is 25.7 Å². The molecule has 3 heteroatoms. The van der Waals surface area contributed by atoms with E-state index in [0.29, 0.717) is 11.0 Å². The van der Waals surface area contributed by atoms with Crippen molar-refractivity contribution in [1.82, 2.24) is 0 Å². The van der Waals surface area contributed by atoms with Crippen LogP contribution >= 0.6 is 0 Å². The van der Waals surface area contributed by atoms with Crippen LogP contribution < -0.4 is 5.32 Å². The molecule has 0 saturated heterocycles. The fraction of sp³-hybridized carbons (Fsp3) is 0.533. The molecule has 2 rings (SSSR count). The number of aryl methyl sites for hydroxylation is 1. The summed E-state index contributed by atoms with van der Waals surface area (Å²) >= 11 is 0. The molecule has 0 aliphatic heterocycles. The summed E-state index contributed by atoms with van der Waals surface area (Å²) in [6.45, 7) is 5.19. The third kappa shape index (κ3) is 2.84. The van der Waals surface area contributed by atoms with Gasteiger partial charge in [0, 0.05) is 12.2 Å². The number of hydrogen-bond donors (Lipinski definition) is 2. The number of nitrogens with one attached hydrogen (secondary N) is 1. The van der Waals surface area contributed by atoms with E-state index in [9.17, 15) is 4.79 Å². The van der Waals surface area contributed by atoms with Crippen molar-refractivity contribution in [1.29, 1.82) is 0 Å². The van der Waals surface area contributed by atoms with Crippen molar-refractivity contribution in [3.05, 3.63) is 29.3 Å². The smallest absolute Gasteiger partial charge is 0.335 e. The lowest BCUT2D eigenvalue weighted by Gasteiger charge is -2.17. The summed E-state index contributed by atoms with van der Waals surface area (Å²) in [7, 11) is 0. The highest BCUT2D eigenvalue weighted by molar-refractivity contribution is 5.88. The van der Waals surface area contributed by atoms with Crippen LogP contribution in [0.3, 0.4) is 0 Å². The molecule has 0 aromatic heterocycles. The second kappa shape index (κ2) is 5.01. The highest BCUT2D eigenvalue weighted by Gasteiger charge is 2.41. The van der Waals surface area contributed by atoms with Crippen LogP contribution in [0.5, 0.6) is 0 Å². The molecule has 0 unspecified atom stereocenters. The summed E-state index contributed by atoms with van der Waals surface area (Å²) in [6.07, 6.45) is 5.16. The molecule has 0 radical (unpaired) electrons. The minimum absolute atomic E-state index is 0.354. The fourth-order valence-electron chi connectivity index (χ4n) is 2.50. The van der Waals surface area contributed by atoms with Crippen LogP contribution in [-0.4, -0.2) is 17.6 Å². The van der Waals surface area contributed by atoms with E-state index in [4.69, 9.17) is 5.11 Å². The zero-order valence-electron chi connectivity index (χ0n) is 11.1. The lowest BCUT2D eigenvalue weighted by atomic mass is 10.0. The molecule has 98 valence electrons. The standard InChI is InChI=1S/C15H21NO2/c1-3-6-15(7-8-15)10-16-13-5-4-12(14(17)18)9-11(13)2/h4-5,9,16H,3,6-8,10H2,1-2H3,(H,17,18). The van der Waals surface area contributed by atoms with Gasteiger partial charge in [0.2, 0.25) is 0 Å². The predicted molar refractivity (Wildman–Crippen MR) is 73.2 cm³/mol. The molecule has 0 spiro atoms. The van der Waals surface area contributed by atoms with Crippen molar-refractivity contribution < 1.29 is 9.90 Å². The Morgan fingerprint density at radius 3 is 2.67 bits per heavy atom. The van der Waals surface area contributed by atoms with Gasteiger partial charge in [0.05, 0.1) is 5.56 Å². The number of rotatable bonds is 6. The molecule has 3 nitrogen and oxygen atoms in total. The molecule has 2 N–H and O–H groups in total. The summed E-state index contributed by atoms with van der Waals surface area (Å²) in [4.78, 5) is 10.9. The van der Waals surface area contributed by atoms with E-state index in [0.717, 1.165) is 17.8 Å². The van der Waals surface area contributed by atoms with Gasteiger partial charge in [-0.1, -0.05) is 13.3 Å². The molecule has 1 aromatic carbocycles. The number of anilines is 1. The molecule has 0 amide bonds. The van der Waals surface area contributed by atoms with Gasteiger partial charge in [-0.05, 0) is 55.4 Å². The molecule has 1 aliphatic rings. The SMILES string of the molecule is CCCC1(CNc2ccc(C(=O)O)cc2C)CC1. The van der Waals surface area contributed by atoms with Crippen LogP contribution in [0.2, 0.25) is 0 Å². The lowest BCUT2D eigenvalue weighted by Crippen LogP contribution is -2.15. The van der Waals surface area contributed by atoms with Crippen LogP contribution in [-0.2, 0) is 0 Å². The van der Waals surface area contributed by atoms with E-state index in [-0.39, 0.29) is 0 Å². The molecular formula is C15H21NO2. The van der Waals surface area contributed by atoms with E-state index in [2.05, 4.69) is 12.2 Å².